The number of nitrogens with one attached hydrogen (secondary N) is 1. The maximum atomic E-state index is 11.9. The second-order valence-electron chi connectivity index (χ2n) is 5.62. The van der Waals surface area contributed by atoms with Gasteiger partial charge in [0.1, 0.15) is 0 Å². The Balaban J connectivity index is 2.26. The topological polar surface area (TPSA) is 122 Å². The van der Waals surface area contributed by atoms with E-state index < -0.39 is 11.5 Å². The Kier molecular flexibility index (Phi) is 4.36. The summed E-state index contributed by atoms with van der Waals surface area (Å²) in [4.78, 5) is 26.0. The SMILES string of the molecule is NCc1cccc(-c2cc(O)c(=O)[nH]c2-c2cccc(C(N)=O)c2)c1. The van der Waals surface area contributed by atoms with Crippen molar-refractivity contribution in [2.75, 3.05) is 0 Å². The summed E-state index contributed by atoms with van der Waals surface area (Å²) in [5.41, 5.74) is 14.2. The molecule has 6 N–H and O–H groups in total. The minimum absolute atomic E-state index is 0.327. The number of hydrogen-bond acceptors (Lipinski definition) is 4. The highest BCUT2D eigenvalue weighted by Crippen LogP contribution is 2.32. The van der Waals surface area contributed by atoms with Gasteiger partial charge in [-0.15, -0.1) is 0 Å². The van der Waals surface area contributed by atoms with Crippen LogP contribution in [0.5, 0.6) is 5.75 Å². The van der Waals surface area contributed by atoms with Crippen molar-refractivity contribution < 1.29 is 9.90 Å². The van der Waals surface area contributed by atoms with Crippen molar-refractivity contribution in [3.8, 4) is 28.1 Å². The van der Waals surface area contributed by atoms with Gasteiger partial charge in [0.25, 0.3) is 5.56 Å². The minimum Gasteiger partial charge on any atom is -0.503 e. The van der Waals surface area contributed by atoms with E-state index in [-0.39, 0.29) is 5.75 Å². The van der Waals surface area contributed by atoms with E-state index in [1.807, 2.05) is 24.3 Å². The number of nitrogens with two attached hydrogens (primary N) is 2. The Bertz CT molecular complexity index is 1010. The molecule has 126 valence electrons. The molecule has 0 bridgehead atoms. The van der Waals surface area contributed by atoms with Crippen LogP contribution in [0, 0.1) is 0 Å². The molecule has 1 amide bonds. The molecule has 1 aromatic heterocycles. The van der Waals surface area contributed by atoms with Crippen LogP contribution in [-0.4, -0.2) is 16.0 Å². The van der Waals surface area contributed by atoms with Crippen molar-refractivity contribution in [3.05, 3.63) is 76.1 Å². The fourth-order valence-corrected chi connectivity index (χ4v) is 2.67. The Labute approximate surface area is 143 Å². The van der Waals surface area contributed by atoms with Gasteiger partial charge in [-0.05, 0) is 41.0 Å². The predicted molar refractivity (Wildman–Crippen MR) is 96.0 cm³/mol. The first-order valence-electron chi connectivity index (χ1n) is 7.65. The van der Waals surface area contributed by atoms with Gasteiger partial charge in [0.2, 0.25) is 5.91 Å². The van der Waals surface area contributed by atoms with E-state index in [1.165, 1.54) is 6.07 Å². The fraction of sp³-hybridized carbons (Fsp3) is 0.0526. The van der Waals surface area contributed by atoms with Crippen molar-refractivity contribution in [3.63, 3.8) is 0 Å². The fourth-order valence-electron chi connectivity index (χ4n) is 2.67. The lowest BCUT2D eigenvalue weighted by Gasteiger charge is -2.12. The maximum Gasteiger partial charge on any atom is 0.290 e. The van der Waals surface area contributed by atoms with Crippen molar-refractivity contribution >= 4 is 5.91 Å². The maximum absolute atomic E-state index is 11.9. The van der Waals surface area contributed by atoms with Crippen LogP contribution >= 0.6 is 0 Å². The summed E-state index contributed by atoms with van der Waals surface area (Å²) in [6, 6.07) is 15.5. The van der Waals surface area contributed by atoms with Crippen molar-refractivity contribution in [1.82, 2.24) is 4.98 Å². The van der Waals surface area contributed by atoms with Gasteiger partial charge in [-0.25, -0.2) is 0 Å². The summed E-state index contributed by atoms with van der Waals surface area (Å²) in [6.45, 7) is 0.371. The molecule has 6 nitrogen and oxygen atoms in total. The zero-order valence-electron chi connectivity index (χ0n) is 13.3. The van der Waals surface area contributed by atoms with Crippen LogP contribution in [0.25, 0.3) is 22.4 Å². The first-order chi connectivity index (χ1) is 12.0. The molecule has 3 rings (SSSR count). The number of aromatic hydroxyl groups is 1. The number of pyridine rings is 1. The van der Waals surface area contributed by atoms with Crippen LogP contribution < -0.4 is 17.0 Å². The largest absolute Gasteiger partial charge is 0.503 e. The molecule has 0 radical (unpaired) electrons. The van der Waals surface area contributed by atoms with Gasteiger partial charge in [0, 0.05) is 17.7 Å². The molecule has 0 spiro atoms. The molecule has 25 heavy (non-hydrogen) atoms. The van der Waals surface area contributed by atoms with Crippen molar-refractivity contribution in [2.45, 2.75) is 6.54 Å². The van der Waals surface area contributed by atoms with Gasteiger partial charge in [-0.2, -0.15) is 0 Å². The molecule has 0 fully saturated rings. The smallest absolute Gasteiger partial charge is 0.290 e. The normalized spacial score (nSPS) is 10.6. The van der Waals surface area contributed by atoms with E-state index in [9.17, 15) is 14.7 Å². The highest BCUT2D eigenvalue weighted by atomic mass is 16.3. The van der Waals surface area contributed by atoms with Gasteiger partial charge in [0.05, 0.1) is 5.69 Å². The van der Waals surface area contributed by atoms with E-state index in [2.05, 4.69) is 4.98 Å². The quantitative estimate of drug-likeness (QED) is 0.582. The zero-order valence-corrected chi connectivity index (χ0v) is 13.3. The molecular weight excluding hydrogens is 318 g/mol. The van der Waals surface area contributed by atoms with E-state index in [0.717, 1.165) is 11.1 Å². The van der Waals surface area contributed by atoms with Crippen LogP contribution in [0.1, 0.15) is 15.9 Å². The number of aromatic nitrogens is 1. The average Bonchev–Trinajstić information content (AvgIpc) is 2.63. The number of benzene rings is 2. The molecule has 0 aliphatic rings. The first-order valence-corrected chi connectivity index (χ1v) is 7.65. The molecule has 0 saturated carbocycles. The average molecular weight is 335 g/mol. The number of H-pyrrole nitrogens is 1. The molecule has 3 aromatic rings. The first kappa shape index (κ1) is 16.5. The molecular formula is C19H17N3O3. The minimum atomic E-state index is -0.613. The number of carbonyl (C=O) groups excluding carboxylic acids is 1. The number of carbonyl (C=O) groups is 1. The van der Waals surface area contributed by atoms with E-state index in [4.69, 9.17) is 11.5 Å². The third-order valence-corrected chi connectivity index (χ3v) is 3.93. The number of rotatable bonds is 4. The summed E-state index contributed by atoms with van der Waals surface area (Å²) >= 11 is 0. The number of amides is 1. The third kappa shape index (κ3) is 3.29. The van der Waals surface area contributed by atoms with Gasteiger partial charge in [0.15, 0.2) is 5.75 Å². The van der Waals surface area contributed by atoms with Crippen LogP contribution in [0.15, 0.2) is 59.4 Å². The summed E-state index contributed by atoms with van der Waals surface area (Å²) in [5.74, 6) is -0.947. The van der Waals surface area contributed by atoms with Gasteiger partial charge in [-0.1, -0.05) is 30.3 Å². The predicted octanol–water partition coefficient (Wildman–Crippen LogP) is 1.97. The molecule has 0 aliphatic heterocycles. The Morgan fingerprint density at radius 1 is 1.04 bits per heavy atom. The van der Waals surface area contributed by atoms with E-state index >= 15 is 0 Å². The molecule has 0 saturated heterocycles. The van der Waals surface area contributed by atoms with Crippen LogP contribution in [0.3, 0.4) is 0 Å². The lowest BCUT2D eigenvalue weighted by Crippen LogP contribution is -2.11. The number of hydrogen-bond donors (Lipinski definition) is 4. The Morgan fingerprint density at radius 3 is 2.48 bits per heavy atom. The molecule has 1 heterocycles. The molecule has 2 aromatic carbocycles. The second kappa shape index (κ2) is 6.62. The molecule has 0 unspecified atom stereocenters. The van der Waals surface area contributed by atoms with Crippen molar-refractivity contribution in [1.29, 1.82) is 0 Å². The standard InChI is InChI=1S/C19H17N3O3/c20-10-11-3-1-4-12(7-11)15-9-16(23)19(25)22-17(15)13-5-2-6-14(8-13)18(21)24/h1-9,23H,10,20H2,(H2,21,24)(H,22,25). The number of primary amides is 1. The van der Waals surface area contributed by atoms with Crippen LogP contribution in [0.2, 0.25) is 0 Å². The summed E-state index contributed by atoms with van der Waals surface area (Å²) < 4.78 is 0. The highest BCUT2D eigenvalue weighted by molar-refractivity contribution is 5.94. The van der Waals surface area contributed by atoms with Gasteiger partial charge < -0.3 is 21.6 Å². The summed E-state index contributed by atoms with van der Waals surface area (Å²) in [5, 5.41) is 9.86. The van der Waals surface area contributed by atoms with E-state index in [1.54, 1.807) is 24.3 Å². The lowest BCUT2D eigenvalue weighted by atomic mass is 9.96. The summed E-state index contributed by atoms with van der Waals surface area (Å²) in [7, 11) is 0. The Hall–Kier alpha value is -3.38. The zero-order chi connectivity index (χ0) is 18.0. The summed E-state index contributed by atoms with van der Waals surface area (Å²) in [6.07, 6.45) is 0. The molecule has 0 atom stereocenters. The van der Waals surface area contributed by atoms with Crippen LogP contribution in [-0.2, 0) is 6.54 Å². The van der Waals surface area contributed by atoms with Crippen molar-refractivity contribution in [2.24, 2.45) is 11.5 Å². The van der Waals surface area contributed by atoms with Gasteiger partial charge >= 0.3 is 0 Å². The van der Waals surface area contributed by atoms with E-state index in [0.29, 0.717) is 28.9 Å². The monoisotopic (exact) mass is 335 g/mol. The number of aromatic amines is 1. The highest BCUT2D eigenvalue weighted by Gasteiger charge is 2.13. The second-order valence-corrected chi connectivity index (χ2v) is 5.62. The van der Waals surface area contributed by atoms with Gasteiger partial charge in [-0.3, -0.25) is 9.59 Å². The molecule has 6 heteroatoms. The van der Waals surface area contributed by atoms with Crippen LogP contribution in [0.4, 0.5) is 0 Å². The third-order valence-electron chi connectivity index (χ3n) is 3.93. The lowest BCUT2D eigenvalue weighted by molar-refractivity contribution is 0.100. The molecule has 0 aliphatic carbocycles. The Morgan fingerprint density at radius 2 is 1.76 bits per heavy atom.